The van der Waals surface area contributed by atoms with Crippen LogP contribution in [-0.4, -0.2) is 23.0 Å². The van der Waals surface area contributed by atoms with E-state index in [2.05, 4.69) is 14.7 Å². The van der Waals surface area contributed by atoms with Crippen LogP contribution in [0.4, 0.5) is 0 Å². The lowest BCUT2D eigenvalue weighted by Gasteiger charge is -2.00. The van der Waals surface area contributed by atoms with Gasteiger partial charge in [0.25, 0.3) is 0 Å². The lowest BCUT2D eigenvalue weighted by atomic mass is 10.1. The Kier molecular flexibility index (Phi) is 2.21. The van der Waals surface area contributed by atoms with E-state index in [1.807, 2.05) is 0 Å². The molecule has 0 atom stereocenters. The third-order valence-corrected chi connectivity index (χ3v) is 2.04. The summed E-state index contributed by atoms with van der Waals surface area (Å²) in [5.74, 6) is -0.414. The van der Waals surface area contributed by atoms with Crippen molar-refractivity contribution in [1.29, 1.82) is 0 Å². The molecule has 5 nitrogen and oxygen atoms in total. The van der Waals surface area contributed by atoms with Crippen LogP contribution in [0.3, 0.4) is 0 Å². The minimum Gasteiger partial charge on any atom is -0.465 e. The molecule has 0 aliphatic rings. The van der Waals surface area contributed by atoms with Gasteiger partial charge in [-0.1, -0.05) is 0 Å². The number of rotatable bonds is 1. The topological polar surface area (TPSA) is 72.1 Å². The van der Waals surface area contributed by atoms with Crippen molar-refractivity contribution in [2.75, 3.05) is 7.11 Å². The maximum atomic E-state index is 11.2. The second kappa shape index (κ2) is 3.53. The van der Waals surface area contributed by atoms with Crippen LogP contribution < -0.4 is 5.69 Å². The highest BCUT2D eigenvalue weighted by molar-refractivity contribution is 5.94. The summed E-state index contributed by atoms with van der Waals surface area (Å²) in [6.45, 7) is 0. The second-order valence-electron chi connectivity index (χ2n) is 2.98. The molecule has 5 heteroatoms. The number of hydrogen-bond donors (Lipinski definition) is 1. The molecule has 0 bridgehead atoms. The fourth-order valence-electron chi connectivity index (χ4n) is 1.30. The molecule has 15 heavy (non-hydrogen) atoms. The third-order valence-electron chi connectivity index (χ3n) is 2.04. The first-order valence-corrected chi connectivity index (χ1v) is 4.28. The van der Waals surface area contributed by atoms with E-state index < -0.39 is 11.7 Å². The smallest absolute Gasteiger partial charge is 0.345 e. The van der Waals surface area contributed by atoms with Crippen molar-refractivity contribution in [3.8, 4) is 0 Å². The summed E-state index contributed by atoms with van der Waals surface area (Å²) in [5.41, 5.74) is 0.662. The molecule has 1 N–H and O–H groups in total. The molecular weight excluding hydrogens is 196 g/mol. The molecule has 2 rings (SSSR count). The summed E-state index contributed by atoms with van der Waals surface area (Å²) in [5, 5.41) is 0.692. The van der Waals surface area contributed by atoms with Gasteiger partial charge in [0.2, 0.25) is 0 Å². The lowest BCUT2D eigenvalue weighted by molar-refractivity contribution is 0.0601. The first-order valence-electron chi connectivity index (χ1n) is 4.28. The monoisotopic (exact) mass is 204 g/mol. The fraction of sp³-hybridized carbons (Fsp3) is 0.100. The Morgan fingerprint density at radius 3 is 3.00 bits per heavy atom. The molecule has 0 fully saturated rings. The maximum Gasteiger partial charge on any atom is 0.345 e. The Hall–Kier alpha value is -2.17. The number of esters is 1. The lowest BCUT2D eigenvalue weighted by Crippen LogP contribution is -2.09. The van der Waals surface area contributed by atoms with Gasteiger partial charge in [-0.05, 0) is 18.2 Å². The van der Waals surface area contributed by atoms with Crippen LogP contribution in [0.25, 0.3) is 10.9 Å². The Balaban J connectivity index is 2.62. The number of H-pyrrole nitrogens is 1. The zero-order valence-electron chi connectivity index (χ0n) is 7.98. The summed E-state index contributed by atoms with van der Waals surface area (Å²) in [6.07, 6.45) is 1.42. The molecule has 76 valence electrons. The summed E-state index contributed by atoms with van der Waals surface area (Å²) in [7, 11) is 1.32. The van der Waals surface area contributed by atoms with Crippen molar-refractivity contribution in [2.24, 2.45) is 0 Å². The van der Waals surface area contributed by atoms with E-state index in [-0.39, 0.29) is 0 Å². The number of ether oxygens (including phenoxy) is 1. The predicted molar refractivity (Wildman–Crippen MR) is 53.7 cm³/mol. The zero-order chi connectivity index (χ0) is 10.8. The largest absolute Gasteiger partial charge is 0.465 e. The van der Waals surface area contributed by atoms with Gasteiger partial charge >= 0.3 is 11.7 Å². The van der Waals surface area contributed by atoms with E-state index in [1.54, 1.807) is 18.2 Å². The Bertz CT molecular complexity index is 574. The van der Waals surface area contributed by atoms with Gasteiger partial charge in [-0.15, -0.1) is 0 Å². The van der Waals surface area contributed by atoms with E-state index in [0.717, 1.165) is 0 Å². The number of aromatic nitrogens is 2. The maximum absolute atomic E-state index is 11.2. The molecule has 0 aliphatic carbocycles. The Morgan fingerprint density at radius 2 is 2.27 bits per heavy atom. The molecule has 1 heterocycles. The van der Waals surface area contributed by atoms with Crippen LogP contribution in [0, 0.1) is 0 Å². The van der Waals surface area contributed by atoms with Crippen LogP contribution in [-0.2, 0) is 4.74 Å². The Labute approximate surface area is 84.7 Å². The number of nitrogens with one attached hydrogen (secondary N) is 1. The summed E-state index contributed by atoms with van der Waals surface area (Å²) >= 11 is 0. The highest BCUT2D eigenvalue weighted by Gasteiger charge is 2.05. The average Bonchev–Trinajstić information content (AvgIpc) is 2.27. The zero-order valence-corrected chi connectivity index (χ0v) is 7.98. The molecule has 1 aromatic heterocycles. The Morgan fingerprint density at radius 1 is 1.47 bits per heavy atom. The number of carbonyl (C=O) groups is 1. The van der Waals surface area contributed by atoms with Crippen molar-refractivity contribution in [3.63, 3.8) is 0 Å². The fourth-order valence-corrected chi connectivity index (χ4v) is 1.30. The van der Waals surface area contributed by atoms with Crippen molar-refractivity contribution < 1.29 is 9.53 Å². The summed E-state index contributed by atoms with van der Waals surface area (Å²) in [4.78, 5) is 28.2. The number of benzene rings is 1. The molecule has 0 aliphatic heterocycles. The number of fused-ring (bicyclic) bond motifs is 1. The number of carbonyl (C=O) groups excluding carboxylic acids is 1. The molecule has 0 unspecified atom stereocenters. The van der Waals surface area contributed by atoms with Gasteiger partial charge in [-0.2, -0.15) is 0 Å². The van der Waals surface area contributed by atoms with E-state index in [9.17, 15) is 9.59 Å². The van der Waals surface area contributed by atoms with Crippen LogP contribution in [0.5, 0.6) is 0 Å². The standard InChI is InChI=1S/C10H8N2O3/c1-15-9(13)6-2-3-8-7(4-6)5-11-10(14)12-8/h2-5H,1H3,(H,11,12,14). The van der Waals surface area contributed by atoms with Crippen molar-refractivity contribution >= 4 is 16.9 Å². The molecule has 0 saturated carbocycles. The number of hydrogen-bond acceptors (Lipinski definition) is 4. The molecule has 0 saturated heterocycles. The first kappa shape index (κ1) is 9.39. The van der Waals surface area contributed by atoms with Crippen LogP contribution in [0.1, 0.15) is 10.4 Å². The summed E-state index contributed by atoms with van der Waals surface area (Å²) < 4.78 is 4.58. The molecule has 1 aromatic carbocycles. The highest BCUT2D eigenvalue weighted by Crippen LogP contribution is 2.11. The average molecular weight is 204 g/mol. The van der Waals surface area contributed by atoms with Gasteiger partial charge in [0.1, 0.15) is 0 Å². The number of methoxy groups -OCH3 is 1. The summed E-state index contributed by atoms with van der Waals surface area (Å²) in [6, 6.07) is 4.85. The van der Waals surface area contributed by atoms with Crippen LogP contribution in [0.15, 0.2) is 29.2 Å². The van der Waals surface area contributed by atoms with Gasteiger partial charge in [0.05, 0.1) is 18.2 Å². The van der Waals surface area contributed by atoms with E-state index >= 15 is 0 Å². The number of aromatic amines is 1. The highest BCUT2D eigenvalue weighted by atomic mass is 16.5. The van der Waals surface area contributed by atoms with Gasteiger partial charge in [0, 0.05) is 11.6 Å². The predicted octanol–water partition coefficient (Wildman–Crippen LogP) is 0.710. The molecule has 2 aromatic rings. The van der Waals surface area contributed by atoms with Crippen LogP contribution in [0.2, 0.25) is 0 Å². The van der Waals surface area contributed by atoms with E-state index in [0.29, 0.717) is 16.5 Å². The van der Waals surface area contributed by atoms with Gasteiger partial charge in [-0.3, -0.25) is 0 Å². The van der Waals surface area contributed by atoms with Crippen LogP contribution >= 0.6 is 0 Å². The van der Waals surface area contributed by atoms with Crippen molar-refractivity contribution in [2.45, 2.75) is 0 Å². The normalized spacial score (nSPS) is 10.2. The minimum absolute atomic E-state index is 0.409. The molecule has 0 spiro atoms. The van der Waals surface area contributed by atoms with Gasteiger partial charge < -0.3 is 9.72 Å². The number of nitrogens with zero attached hydrogens (tertiary/aromatic N) is 1. The molecule has 0 amide bonds. The first-order chi connectivity index (χ1) is 7.20. The minimum atomic E-state index is -0.414. The van der Waals surface area contributed by atoms with Gasteiger partial charge in [-0.25, -0.2) is 14.6 Å². The molecule has 0 radical (unpaired) electrons. The third kappa shape index (κ3) is 1.71. The molecular formula is C10H8N2O3. The SMILES string of the molecule is COC(=O)c1ccc2[nH]c(=O)ncc2c1. The van der Waals surface area contributed by atoms with Crippen molar-refractivity contribution in [3.05, 3.63) is 40.4 Å². The van der Waals surface area contributed by atoms with E-state index in [4.69, 9.17) is 0 Å². The second-order valence-corrected chi connectivity index (χ2v) is 2.98. The van der Waals surface area contributed by atoms with Crippen molar-refractivity contribution in [1.82, 2.24) is 9.97 Å². The van der Waals surface area contributed by atoms with E-state index in [1.165, 1.54) is 13.3 Å². The quantitative estimate of drug-likeness (QED) is 0.694. The van der Waals surface area contributed by atoms with Gasteiger partial charge in [0.15, 0.2) is 0 Å².